The van der Waals surface area contributed by atoms with Crippen molar-refractivity contribution in [2.45, 2.75) is 34.6 Å². The van der Waals surface area contributed by atoms with Crippen molar-refractivity contribution in [1.82, 2.24) is 19.3 Å². The molecule has 0 saturated heterocycles. The van der Waals surface area contributed by atoms with Crippen LogP contribution in [0.25, 0.3) is 44.4 Å². The zero-order valence-electron chi connectivity index (χ0n) is 26.0. The molecule has 3 aromatic heterocycles. The van der Waals surface area contributed by atoms with E-state index >= 15 is 0 Å². The molecule has 0 fully saturated rings. The summed E-state index contributed by atoms with van der Waals surface area (Å²) in [5, 5.41) is 7.11. The molecule has 0 amide bonds. The van der Waals surface area contributed by atoms with E-state index in [0.717, 1.165) is 56.0 Å². The second-order valence-electron chi connectivity index (χ2n) is 11.2. The third-order valence-corrected chi connectivity index (χ3v) is 8.16. The largest absolute Gasteiger partial charge is 2.00 e. The Kier molecular flexibility index (Phi) is 8.09. The summed E-state index contributed by atoms with van der Waals surface area (Å²) in [6.45, 7) is 10.7. The summed E-state index contributed by atoms with van der Waals surface area (Å²) in [6, 6.07) is 33.3. The molecule has 3 heterocycles. The molecule has 0 aliphatic heterocycles. The Morgan fingerprint density at radius 2 is 1.49 bits per heavy atom. The number of aromatic nitrogens is 4. The van der Waals surface area contributed by atoms with Gasteiger partial charge in [0.25, 0.3) is 0 Å². The van der Waals surface area contributed by atoms with E-state index in [-0.39, 0.29) is 20.4 Å². The van der Waals surface area contributed by atoms with Crippen LogP contribution in [0.1, 0.15) is 28.1 Å². The average Bonchev–Trinajstić information content (AvgIpc) is 3.50. The van der Waals surface area contributed by atoms with Gasteiger partial charge in [0, 0.05) is 40.5 Å². The van der Waals surface area contributed by atoms with Gasteiger partial charge in [-0.05, 0) is 74.5 Å². The summed E-state index contributed by atoms with van der Waals surface area (Å²) in [4.78, 5) is 4.65. The Labute approximate surface area is 276 Å². The van der Waals surface area contributed by atoms with Crippen LogP contribution in [0.2, 0.25) is 0 Å². The first-order chi connectivity index (χ1) is 21.3. The number of aryl methyl sites for hydroxylation is 4. The van der Waals surface area contributed by atoms with Crippen LogP contribution in [0.4, 0.5) is 0 Å². The van der Waals surface area contributed by atoms with Gasteiger partial charge >= 0.3 is 20.4 Å². The molecule has 0 bridgehead atoms. The van der Waals surface area contributed by atoms with E-state index in [1.165, 1.54) is 22.3 Å². The number of nitrogens with zero attached hydrogens (tertiary/aromatic N) is 4. The van der Waals surface area contributed by atoms with Gasteiger partial charge in [0.2, 0.25) is 0 Å². The van der Waals surface area contributed by atoms with Crippen LogP contribution in [0.15, 0.2) is 85.1 Å². The monoisotopic (exact) mass is 682 g/mol. The van der Waals surface area contributed by atoms with Crippen molar-refractivity contribution in [3.8, 4) is 39.9 Å². The van der Waals surface area contributed by atoms with Crippen molar-refractivity contribution in [2.75, 3.05) is 7.11 Å². The summed E-state index contributed by atoms with van der Waals surface area (Å²) >= 11 is 0. The zero-order chi connectivity index (χ0) is 30.5. The van der Waals surface area contributed by atoms with Gasteiger partial charge in [-0.15, -0.1) is 35.7 Å². The molecule has 0 aliphatic rings. The predicted molar refractivity (Wildman–Crippen MR) is 176 cm³/mol. The van der Waals surface area contributed by atoms with Crippen molar-refractivity contribution in [3.63, 3.8) is 0 Å². The molecular formula is C38H32N4O2Pd. The maximum Gasteiger partial charge on any atom is 2.00 e. The maximum atomic E-state index is 6.38. The van der Waals surface area contributed by atoms with Crippen molar-refractivity contribution < 1.29 is 29.9 Å². The van der Waals surface area contributed by atoms with Crippen LogP contribution in [-0.4, -0.2) is 26.4 Å². The molecule has 0 aliphatic carbocycles. The van der Waals surface area contributed by atoms with Crippen molar-refractivity contribution >= 4 is 21.8 Å². The summed E-state index contributed by atoms with van der Waals surface area (Å²) < 4.78 is 15.9. The fourth-order valence-corrected chi connectivity index (χ4v) is 6.37. The first-order valence-corrected chi connectivity index (χ1v) is 14.6. The van der Waals surface area contributed by atoms with Crippen LogP contribution >= 0.6 is 0 Å². The first kappa shape index (κ1) is 30.3. The second-order valence-corrected chi connectivity index (χ2v) is 11.2. The molecule has 0 spiro atoms. The molecule has 45 heavy (non-hydrogen) atoms. The summed E-state index contributed by atoms with van der Waals surface area (Å²) in [5.74, 6) is 2.64. The molecule has 0 atom stereocenters. The number of para-hydroxylation sites is 1. The third-order valence-electron chi connectivity index (χ3n) is 8.16. The molecular weight excluding hydrogens is 651 g/mol. The van der Waals surface area contributed by atoms with Gasteiger partial charge in [-0.25, -0.2) is 4.98 Å². The van der Waals surface area contributed by atoms with E-state index in [4.69, 9.17) is 14.6 Å². The van der Waals surface area contributed by atoms with Gasteiger partial charge in [0.05, 0.1) is 12.8 Å². The second kappa shape index (κ2) is 12.0. The summed E-state index contributed by atoms with van der Waals surface area (Å²) in [7, 11) is 1.66. The van der Waals surface area contributed by atoms with E-state index in [9.17, 15) is 0 Å². The van der Waals surface area contributed by atoms with Crippen LogP contribution in [0.3, 0.4) is 0 Å². The Morgan fingerprint density at radius 1 is 0.733 bits per heavy atom. The summed E-state index contributed by atoms with van der Waals surface area (Å²) in [6.07, 6.45) is 1.75. The topological polar surface area (TPSA) is 54.1 Å². The standard InChI is InChI=1S/C38H32N4O2.Pd/c1-23-18-24(2)37(25(3)19-23)38-26(4)40-42(27(38)5)28-10-9-11-30(20-28)44-31-14-15-33-32-12-7-8-13-34(32)41(35(33)21-31)36-22-29(43-6)16-17-39-36;/h7-19,22H,1-6H3;/q-2;+2. The minimum atomic E-state index is 0. The van der Waals surface area contributed by atoms with Gasteiger partial charge in [0.1, 0.15) is 11.6 Å². The molecule has 7 heteroatoms. The predicted octanol–water partition coefficient (Wildman–Crippen LogP) is 8.97. The van der Waals surface area contributed by atoms with Crippen LogP contribution in [0.5, 0.6) is 17.2 Å². The molecule has 6 nitrogen and oxygen atoms in total. The van der Waals surface area contributed by atoms with Crippen molar-refractivity contribution in [2.24, 2.45) is 0 Å². The van der Waals surface area contributed by atoms with Gasteiger partial charge in [-0.3, -0.25) is 4.68 Å². The number of hydrogen-bond acceptors (Lipinski definition) is 4. The number of benzene rings is 4. The Morgan fingerprint density at radius 3 is 2.27 bits per heavy atom. The quantitative estimate of drug-likeness (QED) is 0.130. The number of rotatable bonds is 6. The van der Waals surface area contributed by atoms with Crippen LogP contribution in [0, 0.1) is 46.8 Å². The fraction of sp³-hybridized carbons (Fsp3) is 0.158. The van der Waals surface area contributed by atoms with E-state index in [2.05, 4.69) is 86.6 Å². The van der Waals surface area contributed by atoms with Crippen molar-refractivity contribution in [1.29, 1.82) is 0 Å². The van der Waals surface area contributed by atoms with E-state index < -0.39 is 0 Å². The van der Waals surface area contributed by atoms with Gasteiger partial charge in [-0.2, -0.15) is 17.2 Å². The normalized spacial score (nSPS) is 11.2. The van der Waals surface area contributed by atoms with E-state index in [1.807, 2.05) is 53.2 Å². The first-order valence-electron chi connectivity index (χ1n) is 14.6. The minimum absolute atomic E-state index is 0. The SMILES string of the molecule is COc1ccnc(-n2c3[c-]c(Oc4[c-]c(-n5nc(C)c(-c6c(C)cc(C)cc6C)c5C)ccc4)ccc3c3ccccc32)c1.[Pd+2]. The van der Waals surface area contributed by atoms with Gasteiger partial charge in [-0.1, -0.05) is 41.4 Å². The smallest absolute Gasteiger partial charge is 0.509 e. The molecule has 0 N–H and O–H groups in total. The molecule has 0 unspecified atom stereocenters. The number of fused-ring (bicyclic) bond motifs is 3. The number of hydrogen-bond donors (Lipinski definition) is 0. The molecule has 7 aromatic rings. The van der Waals surface area contributed by atoms with Crippen LogP contribution < -0.4 is 9.47 Å². The van der Waals surface area contributed by atoms with Crippen molar-refractivity contribution in [3.05, 3.63) is 125 Å². The molecule has 226 valence electrons. The Hall–Kier alpha value is -4.70. The number of pyridine rings is 1. The molecule has 0 radical (unpaired) electrons. The molecule has 4 aromatic carbocycles. The molecule has 0 saturated carbocycles. The summed E-state index contributed by atoms with van der Waals surface area (Å²) in [5.41, 5.74) is 10.9. The Balaban J connectivity index is 0.00000357. The van der Waals surface area contributed by atoms with E-state index in [1.54, 1.807) is 13.3 Å². The zero-order valence-corrected chi connectivity index (χ0v) is 27.6. The minimum Gasteiger partial charge on any atom is -0.509 e. The number of ether oxygens (including phenoxy) is 2. The number of methoxy groups -OCH3 is 1. The fourth-order valence-electron chi connectivity index (χ4n) is 6.37. The van der Waals surface area contributed by atoms with Gasteiger partial charge in [0.15, 0.2) is 0 Å². The van der Waals surface area contributed by atoms with Crippen LogP contribution in [-0.2, 0) is 20.4 Å². The molecule has 7 rings (SSSR count). The maximum absolute atomic E-state index is 6.38. The Bertz CT molecular complexity index is 2190. The van der Waals surface area contributed by atoms with Gasteiger partial charge < -0.3 is 14.0 Å². The van der Waals surface area contributed by atoms with E-state index in [0.29, 0.717) is 11.5 Å². The average molecular weight is 683 g/mol. The third kappa shape index (κ3) is 5.33.